The minimum absolute atomic E-state index is 0.155. The normalized spacial score (nSPS) is 16.2. The minimum atomic E-state index is -0.548. The lowest BCUT2D eigenvalue weighted by Gasteiger charge is -2.27. The largest absolute Gasteiger partial charge is 0.452 e. The standard InChI is InChI=1S/C22H24N2O4/c1-14(2)16-8-10-17(11-9-16)22(27)28-13-21(26)24-15(3)12-20(25)23-18-6-4-5-7-19(18)24/h4-11,14-15H,12-13H2,1-3H3,(H,23,25). The Morgan fingerprint density at radius 3 is 2.50 bits per heavy atom. The highest BCUT2D eigenvalue weighted by Gasteiger charge is 2.30. The van der Waals surface area contributed by atoms with Crippen LogP contribution in [0.4, 0.5) is 11.4 Å². The monoisotopic (exact) mass is 380 g/mol. The lowest BCUT2D eigenvalue weighted by Crippen LogP contribution is -2.41. The van der Waals surface area contributed by atoms with Crippen molar-refractivity contribution in [3.63, 3.8) is 0 Å². The fraction of sp³-hybridized carbons (Fsp3) is 0.318. The van der Waals surface area contributed by atoms with Crippen LogP contribution in [0, 0.1) is 0 Å². The number of ether oxygens (including phenoxy) is 1. The topological polar surface area (TPSA) is 75.7 Å². The smallest absolute Gasteiger partial charge is 0.338 e. The van der Waals surface area contributed by atoms with Crippen molar-refractivity contribution in [3.8, 4) is 0 Å². The molecule has 1 atom stereocenters. The van der Waals surface area contributed by atoms with Crippen molar-refractivity contribution in [3.05, 3.63) is 59.7 Å². The highest BCUT2D eigenvalue weighted by atomic mass is 16.5. The molecule has 2 aromatic rings. The predicted molar refractivity (Wildman–Crippen MR) is 107 cm³/mol. The van der Waals surface area contributed by atoms with Crippen molar-refractivity contribution in [2.24, 2.45) is 0 Å². The molecule has 6 nitrogen and oxygen atoms in total. The van der Waals surface area contributed by atoms with Gasteiger partial charge in [0.2, 0.25) is 5.91 Å². The lowest BCUT2D eigenvalue weighted by atomic mass is 10.0. The number of carbonyl (C=O) groups is 3. The first kappa shape index (κ1) is 19.6. The number of nitrogens with one attached hydrogen (secondary N) is 1. The van der Waals surface area contributed by atoms with Gasteiger partial charge in [0.1, 0.15) is 0 Å². The van der Waals surface area contributed by atoms with Crippen LogP contribution in [-0.4, -0.2) is 30.4 Å². The van der Waals surface area contributed by atoms with E-state index < -0.39 is 12.6 Å². The summed E-state index contributed by atoms with van der Waals surface area (Å²) in [6.07, 6.45) is 0.172. The van der Waals surface area contributed by atoms with E-state index in [0.717, 1.165) is 5.56 Å². The van der Waals surface area contributed by atoms with E-state index in [9.17, 15) is 14.4 Å². The number of amides is 2. The van der Waals surface area contributed by atoms with Gasteiger partial charge in [-0.05, 0) is 42.7 Å². The molecule has 1 aliphatic heterocycles. The van der Waals surface area contributed by atoms with E-state index >= 15 is 0 Å². The third-order valence-corrected chi connectivity index (χ3v) is 4.77. The molecule has 0 radical (unpaired) electrons. The van der Waals surface area contributed by atoms with Crippen LogP contribution in [0.5, 0.6) is 0 Å². The molecule has 28 heavy (non-hydrogen) atoms. The molecule has 0 spiro atoms. The molecule has 0 fully saturated rings. The molecular weight excluding hydrogens is 356 g/mol. The Bertz CT molecular complexity index is 890. The molecule has 1 unspecified atom stereocenters. The maximum Gasteiger partial charge on any atom is 0.338 e. The third-order valence-electron chi connectivity index (χ3n) is 4.77. The van der Waals surface area contributed by atoms with Gasteiger partial charge in [0.05, 0.1) is 16.9 Å². The number of benzene rings is 2. The second kappa shape index (κ2) is 8.25. The molecule has 0 bridgehead atoms. The number of rotatable bonds is 4. The number of hydrogen-bond acceptors (Lipinski definition) is 4. The Labute approximate surface area is 164 Å². The first-order valence-corrected chi connectivity index (χ1v) is 9.35. The van der Waals surface area contributed by atoms with E-state index in [-0.39, 0.29) is 24.3 Å². The van der Waals surface area contributed by atoms with Crippen LogP contribution < -0.4 is 10.2 Å². The SMILES string of the molecule is CC(C)c1ccc(C(=O)OCC(=O)N2c3ccccc3NC(=O)CC2C)cc1. The molecule has 0 saturated carbocycles. The van der Waals surface area contributed by atoms with Crippen LogP contribution in [0.3, 0.4) is 0 Å². The van der Waals surface area contributed by atoms with Crippen molar-refractivity contribution in [1.82, 2.24) is 0 Å². The Kier molecular flexibility index (Phi) is 5.78. The summed E-state index contributed by atoms with van der Waals surface area (Å²) >= 11 is 0. The van der Waals surface area contributed by atoms with E-state index in [0.29, 0.717) is 22.9 Å². The van der Waals surface area contributed by atoms with Crippen LogP contribution in [-0.2, 0) is 14.3 Å². The number of anilines is 2. The number of hydrogen-bond donors (Lipinski definition) is 1. The summed E-state index contributed by atoms with van der Waals surface area (Å²) in [5, 5.41) is 2.80. The molecule has 1 heterocycles. The summed E-state index contributed by atoms with van der Waals surface area (Å²) < 4.78 is 5.24. The highest BCUT2D eigenvalue weighted by molar-refractivity contribution is 6.05. The molecule has 6 heteroatoms. The van der Waals surface area contributed by atoms with Gasteiger partial charge >= 0.3 is 5.97 Å². The molecule has 1 aliphatic rings. The van der Waals surface area contributed by atoms with Crippen LogP contribution in [0.2, 0.25) is 0 Å². The summed E-state index contributed by atoms with van der Waals surface area (Å²) in [4.78, 5) is 38.7. The van der Waals surface area contributed by atoms with Gasteiger partial charge in [0, 0.05) is 12.5 Å². The van der Waals surface area contributed by atoms with Gasteiger partial charge in [-0.3, -0.25) is 9.59 Å². The summed E-state index contributed by atoms with van der Waals surface area (Å²) in [6, 6.07) is 13.9. The van der Waals surface area contributed by atoms with Crippen molar-refractivity contribution in [1.29, 1.82) is 0 Å². The Balaban J connectivity index is 1.71. The van der Waals surface area contributed by atoms with Crippen molar-refractivity contribution in [2.75, 3.05) is 16.8 Å². The van der Waals surface area contributed by atoms with Crippen LogP contribution in [0.25, 0.3) is 0 Å². The zero-order valence-corrected chi connectivity index (χ0v) is 16.3. The maximum atomic E-state index is 12.8. The van der Waals surface area contributed by atoms with Gasteiger partial charge in [-0.2, -0.15) is 0 Å². The summed E-state index contributed by atoms with van der Waals surface area (Å²) in [6.45, 7) is 5.56. The average molecular weight is 380 g/mol. The second-order valence-corrected chi connectivity index (χ2v) is 7.24. The van der Waals surface area contributed by atoms with Gasteiger partial charge < -0.3 is 15.0 Å². The number of fused-ring (bicyclic) bond motifs is 1. The molecule has 0 aromatic heterocycles. The van der Waals surface area contributed by atoms with Gasteiger partial charge in [0.15, 0.2) is 6.61 Å². The van der Waals surface area contributed by atoms with E-state index in [2.05, 4.69) is 19.2 Å². The second-order valence-electron chi connectivity index (χ2n) is 7.24. The van der Waals surface area contributed by atoms with Crippen LogP contribution in [0.15, 0.2) is 48.5 Å². The predicted octanol–water partition coefficient (Wildman–Crippen LogP) is 3.73. The molecule has 2 aromatic carbocycles. The van der Waals surface area contributed by atoms with Crippen molar-refractivity contribution in [2.45, 2.75) is 39.2 Å². The number of carbonyl (C=O) groups excluding carboxylic acids is 3. The average Bonchev–Trinajstić information content (AvgIpc) is 2.80. The Morgan fingerprint density at radius 1 is 1.14 bits per heavy atom. The summed E-state index contributed by atoms with van der Waals surface area (Å²) in [5.74, 6) is -0.706. The number of para-hydroxylation sites is 2. The van der Waals surface area contributed by atoms with Crippen LogP contribution in [0.1, 0.15) is 49.0 Å². The Hall–Kier alpha value is -3.15. The molecular formula is C22H24N2O4. The zero-order valence-electron chi connectivity index (χ0n) is 16.3. The third kappa shape index (κ3) is 4.22. The molecule has 0 saturated heterocycles. The minimum Gasteiger partial charge on any atom is -0.452 e. The van der Waals surface area contributed by atoms with Crippen molar-refractivity contribution < 1.29 is 19.1 Å². The van der Waals surface area contributed by atoms with E-state index in [1.54, 1.807) is 43.3 Å². The van der Waals surface area contributed by atoms with Gasteiger partial charge in [-0.25, -0.2) is 4.79 Å². The van der Waals surface area contributed by atoms with Gasteiger partial charge in [-0.1, -0.05) is 38.1 Å². The van der Waals surface area contributed by atoms with Gasteiger partial charge in [-0.15, -0.1) is 0 Å². The van der Waals surface area contributed by atoms with E-state index in [1.807, 2.05) is 12.1 Å². The number of esters is 1. The molecule has 1 N–H and O–H groups in total. The first-order chi connectivity index (χ1) is 13.4. The maximum absolute atomic E-state index is 12.8. The van der Waals surface area contributed by atoms with Crippen LogP contribution >= 0.6 is 0 Å². The van der Waals surface area contributed by atoms with E-state index in [4.69, 9.17) is 4.74 Å². The fourth-order valence-corrected chi connectivity index (χ4v) is 3.25. The quantitative estimate of drug-likeness (QED) is 0.820. The lowest BCUT2D eigenvalue weighted by molar-refractivity contribution is -0.122. The van der Waals surface area contributed by atoms with E-state index in [1.165, 1.54) is 4.90 Å². The van der Waals surface area contributed by atoms with Gasteiger partial charge in [0.25, 0.3) is 5.91 Å². The fourth-order valence-electron chi connectivity index (χ4n) is 3.25. The van der Waals surface area contributed by atoms with Crippen molar-refractivity contribution >= 4 is 29.2 Å². The number of nitrogens with zero attached hydrogens (tertiary/aromatic N) is 1. The zero-order chi connectivity index (χ0) is 20.3. The molecule has 146 valence electrons. The first-order valence-electron chi connectivity index (χ1n) is 9.35. The Morgan fingerprint density at radius 2 is 1.82 bits per heavy atom. The molecule has 2 amide bonds. The molecule has 0 aliphatic carbocycles. The highest BCUT2D eigenvalue weighted by Crippen LogP contribution is 2.31. The summed E-state index contributed by atoms with van der Waals surface area (Å²) in [5.41, 5.74) is 2.70. The summed E-state index contributed by atoms with van der Waals surface area (Å²) in [7, 11) is 0. The molecule has 3 rings (SSSR count).